The number of nitrogens with one attached hydrogen (secondary N) is 1. The molecule has 2 aromatic rings. The number of rotatable bonds is 4. The smallest absolute Gasteiger partial charge is 0.126 e. The third-order valence-electron chi connectivity index (χ3n) is 2.79. The van der Waals surface area contributed by atoms with Crippen LogP contribution in [0.3, 0.4) is 0 Å². The van der Waals surface area contributed by atoms with Crippen molar-refractivity contribution in [3.05, 3.63) is 59.1 Å². The van der Waals surface area contributed by atoms with E-state index in [9.17, 15) is 8.78 Å². The lowest BCUT2D eigenvalue weighted by Crippen LogP contribution is -2.29. The molecule has 0 saturated carbocycles. The Morgan fingerprint density at radius 2 is 2.11 bits per heavy atom. The van der Waals surface area contributed by atoms with E-state index in [1.807, 2.05) is 6.07 Å². The van der Waals surface area contributed by atoms with Crippen LogP contribution in [0.1, 0.15) is 22.9 Å². The van der Waals surface area contributed by atoms with Gasteiger partial charge in [-0.25, -0.2) is 8.78 Å². The highest BCUT2D eigenvalue weighted by Gasteiger charge is 2.15. The summed E-state index contributed by atoms with van der Waals surface area (Å²) in [5, 5.41) is 0. The maximum absolute atomic E-state index is 13.5. The zero-order chi connectivity index (χ0) is 13.1. The number of nitrogens with two attached hydrogens (primary N) is 1. The molecule has 0 fully saturated rings. The van der Waals surface area contributed by atoms with Gasteiger partial charge in [0.05, 0.1) is 12.3 Å². The lowest BCUT2D eigenvalue weighted by molar-refractivity contribution is 0.502. The monoisotopic (exact) mass is 252 g/mol. The highest BCUT2D eigenvalue weighted by Crippen LogP contribution is 2.22. The number of halogens is 2. The van der Waals surface area contributed by atoms with Crippen molar-refractivity contribution >= 4 is 0 Å². The van der Waals surface area contributed by atoms with E-state index >= 15 is 0 Å². The minimum absolute atomic E-state index is 0.249. The second-order valence-corrected chi connectivity index (χ2v) is 4.15. The summed E-state index contributed by atoms with van der Waals surface area (Å²) in [5.41, 5.74) is 3.66. The van der Waals surface area contributed by atoms with Crippen molar-refractivity contribution in [1.29, 1.82) is 0 Å². The van der Waals surface area contributed by atoms with Crippen molar-refractivity contribution in [2.24, 2.45) is 5.84 Å². The fourth-order valence-electron chi connectivity index (χ4n) is 1.84. The van der Waals surface area contributed by atoms with Gasteiger partial charge in [-0.1, -0.05) is 0 Å². The van der Waals surface area contributed by atoms with E-state index in [0.29, 0.717) is 0 Å². The Morgan fingerprint density at radius 3 is 2.72 bits per heavy atom. The van der Waals surface area contributed by atoms with Crippen molar-refractivity contribution < 1.29 is 13.2 Å². The van der Waals surface area contributed by atoms with Crippen molar-refractivity contribution in [2.75, 3.05) is 0 Å². The largest absolute Gasteiger partial charge is 0.469 e. The Hall–Kier alpha value is -1.72. The van der Waals surface area contributed by atoms with Crippen LogP contribution in [-0.2, 0) is 6.42 Å². The lowest BCUT2D eigenvalue weighted by Gasteiger charge is -2.14. The van der Waals surface area contributed by atoms with Gasteiger partial charge in [-0.05, 0) is 43.2 Å². The Labute approximate surface area is 104 Å². The number of hydrazine groups is 1. The predicted octanol–water partition coefficient (Wildman–Crippen LogP) is 2.61. The summed E-state index contributed by atoms with van der Waals surface area (Å²) in [6, 6.07) is 4.86. The maximum Gasteiger partial charge on any atom is 0.126 e. The molecule has 0 saturated heterocycles. The van der Waals surface area contributed by atoms with Gasteiger partial charge in [-0.2, -0.15) is 0 Å². The van der Waals surface area contributed by atoms with E-state index < -0.39 is 11.6 Å². The van der Waals surface area contributed by atoms with Crippen molar-refractivity contribution in [3.63, 3.8) is 0 Å². The molecule has 1 atom stereocenters. The molecule has 3 N–H and O–H groups in total. The molecule has 0 bridgehead atoms. The topological polar surface area (TPSA) is 51.2 Å². The minimum Gasteiger partial charge on any atom is -0.469 e. The number of hydrogen-bond acceptors (Lipinski definition) is 3. The molecule has 2 rings (SSSR count). The van der Waals surface area contributed by atoms with E-state index in [1.165, 1.54) is 6.07 Å². The Kier molecular flexibility index (Phi) is 3.74. The molecule has 5 heteroatoms. The summed E-state index contributed by atoms with van der Waals surface area (Å²) >= 11 is 0. The summed E-state index contributed by atoms with van der Waals surface area (Å²) in [6.45, 7) is 1.81. The van der Waals surface area contributed by atoms with Gasteiger partial charge in [0.1, 0.15) is 17.4 Å². The standard InChI is InChI=1S/C13H14F2N2O/c1-8-4-10(7-18-8)13(17-16)6-9-5-11(14)2-3-12(9)15/h2-5,7,13,17H,6,16H2,1H3. The third-order valence-corrected chi connectivity index (χ3v) is 2.79. The molecule has 0 aliphatic rings. The van der Waals surface area contributed by atoms with Crippen LogP contribution in [-0.4, -0.2) is 0 Å². The highest BCUT2D eigenvalue weighted by atomic mass is 19.1. The van der Waals surface area contributed by atoms with E-state index in [1.54, 1.807) is 13.2 Å². The summed E-state index contributed by atoms with van der Waals surface area (Å²) in [6.07, 6.45) is 1.80. The van der Waals surface area contributed by atoms with Gasteiger partial charge in [0.2, 0.25) is 0 Å². The van der Waals surface area contributed by atoms with Gasteiger partial charge in [-0.3, -0.25) is 11.3 Å². The third kappa shape index (κ3) is 2.75. The van der Waals surface area contributed by atoms with Gasteiger partial charge >= 0.3 is 0 Å². The molecule has 0 amide bonds. The number of furan rings is 1. The van der Waals surface area contributed by atoms with Crippen LogP contribution < -0.4 is 11.3 Å². The van der Waals surface area contributed by atoms with E-state index in [0.717, 1.165) is 23.5 Å². The van der Waals surface area contributed by atoms with E-state index in [2.05, 4.69) is 5.43 Å². The quantitative estimate of drug-likeness (QED) is 0.649. The second kappa shape index (κ2) is 5.29. The molecule has 0 aliphatic heterocycles. The Balaban J connectivity index is 2.22. The molecule has 0 aliphatic carbocycles. The lowest BCUT2D eigenvalue weighted by atomic mass is 10.0. The van der Waals surface area contributed by atoms with Gasteiger partial charge < -0.3 is 4.42 Å². The van der Waals surface area contributed by atoms with Crippen molar-refractivity contribution in [1.82, 2.24) is 5.43 Å². The van der Waals surface area contributed by atoms with Crippen LogP contribution in [0.15, 0.2) is 34.9 Å². The first kappa shape index (κ1) is 12.7. The van der Waals surface area contributed by atoms with Crippen LogP contribution in [0.2, 0.25) is 0 Å². The SMILES string of the molecule is Cc1cc(C(Cc2cc(F)ccc2F)NN)co1. The van der Waals surface area contributed by atoms with Gasteiger partial charge in [0.15, 0.2) is 0 Å². The Bertz CT molecular complexity index is 540. The summed E-state index contributed by atoms with van der Waals surface area (Å²) in [5.74, 6) is 5.27. The second-order valence-electron chi connectivity index (χ2n) is 4.15. The first-order valence-electron chi connectivity index (χ1n) is 5.55. The molecule has 1 unspecified atom stereocenters. The van der Waals surface area contributed by atoms with Crippen molar-refractivity contribution in [3.8, 4) is 0 Å². The zero-order valence-electron chi connectivity index (χ0n) is 9.91. The average molecular weight is 252 g/mol. The molecular formula is C13H14F2N2O. The normalized spacial score (nSPS) is 12.7. The number of hydrogen-bond donors (Lipinski definition) is 2. The predicted molar refractivity (Wildman–Crippen MR) is 63.6 cm³/mol. The van der Waals surface area contributed by atoms with Gasteiger partial charge in [0.25, 0.3) is 0 Å². The van der Waals surface area contributed by atoms with E-state index in [-0.39, 0.29) is 18.0 Å². The summed E-state index contributed by atoms with van der Waals surface area (Å²) < 4.78 is 31.8. The fourth-order valence-corrected chi connectivity index (χ4v) is 1.84. The minimum atomic E-state index is -0.467. The molecular weight excluding hydrogens is 238 g/mol. The van der Waals surface area contributed by atoms with Gasteiger partial charge in [0, 0.05) is 5.56 Å². The highest BCUT2D eigenvalue weighted by molar-refractivity contribution is 5.24. The molecule has 3 nitrogen and oxygen atoms in total. The summed E-state index contributed by atoms with van der Waals surface area (Å²) in [7, 11) is 0. The molecule has 0 radical (unpaired) electrons. The molecule has 18 heavy (non-hydrogen) atoms. The number of benzene rings is 1. The first-order valence-corrected chi connectivity index (χ1v) is 5.55. The molecule has 0 spiro atoms. The van der Waals surface area contributed by atoms with Crippen molar-refractivity contribution in [2.45, 2.75) is 19.4 Å². The molecule has 1 heterocycles. The van der Waals surface area contributed by atoms with Crippen LogP contribution in [0.4, 0.5) is 8.78 Å². The van der Waals surface area contributed by atoms with Crippen LogP contribution >= 0.6 is 0 Å². The Morgan fingerprint density at radius 1 is 1.33 bits per heavy atom. The fraction of sp³-hybridized carbons (Fsp3) is 0.231. The van der Waals surface area contributed by atoms with E-state index in [4.69, 9.17) is 10.3 Å². The number of aryl methyl sites for hydroxylation is 1. The average Bonchev–Trinajstić information content (AvgIpc) is 2.77. The maximum atomic E-state index is 13.5. The van der Waals surface area contributed by atoms with Gasteiger partial charge in [-0.15, -0.1) is 0 Å². The first-order chi connectivity index (χ1) is 8.60. The zero-order valence-corrected chi connectivity index (χ0v) is 9.91. The van der Waals surface area contributed by atoms with Crippen LogP contribution in [0.5, 0.6) is 0 Å². The van der Waals surface area contributed by atoms with Crippen LogP contribution in [0, 0.1) is 18.6 Å². The molecule has 96 valence electrons. The molecule has 1 aromatic carbocycles. The molecule has 1 aromatic heterocycles. The summed E-state index contributed by atoms with van der Waals surface area (Å²) in [4.78, 5) is 0. The van der Waals surface area contributed by atoms with Crippen LogP contribution in [0.25, 0.3) is 0 Å².